The van der Waals surface area contributed by atoms with Crippen LogP contribution >= 0.6 is 0 Å². The molecule has 1 spiro atoms. The van der Waals surface area contributed by atoms with Crippen LogP contribution in [0.5, 0.6) is 5.75 Å². The highest BCUT2D eigenvalue weighted by atomic mass is 32.2. The SMILES string of the molecule is CCCNC(=O)N1CCC2(CC1)COc1cc(C3CCCC3)ccc1S(=O)(=O)NCC(O)CN(C)C2. The molecule has 1 aromatic rings. The summed E-state index contributed by atoms with van der Waals surface area (Å²) in [4.78, 5) is 16.5. The summed E-state index contributed by atoms with van der Waals surface area (Å²) in [5.41, 5.74) is 0.870. The summed E-state index contributed by atoms with van der Waals surface area (Å²) in [6.07, 6.45) is 6.16. The number of hydrogen-bond donors (Lipinski definition) is 3. The Morgan fingerprint density at radius 1 is 1.25 bits per heavy atom. The second-order valence-corrected chi connectivity index (χ2v) is 12.6. The number of nitrogens with zero attached hydrogens (tertiary/aromatic N) is 2. The van der Waals surface area contributed by atoms with Crippen LogP contribution in [-0.4, -0.2) is 88.4 Å². The molecule has 1 saturated heterocycles. The molecule has 3 aliphatic rings. The quantitative estimate of drug-likeness (QED) is 0.563. The van der Waals surface area contributed by atoms with E-state index in [4.69, 9.17) is 4.74 Å². The number of nitrogens with one attached hydrogen (secondary N) is 2. The van der Waals surface area contributed by atoms with Gasteiger partial charge in [-0.05, 0) is 62.8 Å². The third-order valence-electron chi connectivity index (χ3n) is 7.89. The van der Waals surface area contributed by atoms with Crippen LogP contribution in [0.3, 0.4) is 0 Å². The Morgan fingerprint density at radius 2 is 1.97 bits per heavy atom. The number of aliphatic hydroxyl groups is 1. The maximum atomic E-state index is 13.2. The number of carbonyl (C=O) groups is 1. The molecule has 0 bridgehead atoms. The zero-order valence-electron chi connectivity index (χ0n) is 21.7. The third-order valence-corrected chi connectivity index (χ3v) is 9.35. The van der Waals surface area contributed by atoms with Gasteiger partial charge in [0.15, 0.2) is 0 Å². The Balaban J connectivity index is 1.60. The number of ether oxygens (including phenoxy) is 1. The van der Waals surface area contributed by atoms with Gasteiger partial charge in [-0.25, -0.2) is 17.9 Å². The number of sulfonamides is 1. The van der Waals surface area contributed by atoms with Gasteiger partial charge in [0.05, 0.1) is 12.7 Å². The second-order valence-electron chi connectivity index (χ2n) is 10.9. The van der Waals surface area contributed by atoms with E-state index in [0.717, 1.165) is 37.7 Å². The number of carbonyl (C=O) groups excluding carboxylic acids is 1. The van der Waals surface area contributed by atoms with Crippen LogP contribution < -0.4 is 14.8 Å². The average molecular weight is 523 g/mol. The number of aliphatic hydroxyl groups excluding tert-OH is 1. The molecular formula is C26H42N4O5S. The first-order chi connectivity index (χ1) is 17.2. The van der Waals surface area contributed by atoms with Crippen LogP contribution in [0, 0.1) is 5.41 Å². The third kappa shape index (κ3) is 6.51. The van der Waals surface area contributed by atoms with Crippen molar-refractivity contribution in [1.29, 1.82) is 0 Å². The lowest BCUT2D eigenvalue weighted by Gasteiger charge is -2.44. The summed E-state index contributed by atoms with van der Waals surface area (Å²) in [5.74, 6) is 0.815. The summed E-state index contributed by atoms with van der Waals surface area (Å²) in [6, 6.07) is 5.45. The Labute approximate surface area is 215 Å². The molecule has 0 aromatic heterocycles. The minimum absolute atomic E-state index is 0.0340. The first-order valence-corrected chi connectivity index (χ1v) is 14.9. The number of piperidine rings is 1. The van der Waals surface area contributed by atoms with E-state index < -0.39 is 16.1 Å². The van der Waals surface area contributed by atoms with Crippen molar-refractivity contribution < 1.29 is 23.1 Å². The molecule has 2 heterocycles. The molecule has 2 amide bonds. The van der Waals surface area contributed by atoms with Crippen LogP contribution in [-0.2, 0) is 10.0 Å². The molecule has 1 saturated carbocycles. The van der Waals surface area contributed by atoms with Gasteiger partial charge in [0.1, 0.15) is 10.6 Å². The zero-order valence-corrected chi connectivity index (χ0v) is 22.5. The smallest absolute Gasteiger partial charge is 0.317 e. The Hall–Kier alpha value is -1.88. The predicted molar refractivity (Wildman–Crippen MR) is 139 cm³/mol. The zero-order chi connectivity index (χ0) is 25.8. The van der Waals surface area contributed by atoms with Gasteiger partial charge in [-0.2, -0.15) is 0 Å². The van der Waals surface area contributed by atoms with Crippen LogP contribution in [0.1, 0.15) is 63.4 Å². The first kappa shape index (κ1) is 27.2. The molecule has 1 atom stereocenters. The molecule has 2 aliphatic heterocycles. The van der Waals surface area contributed by atoms with Gasteiger partial charge >= 0.3 is 6.03 Å². The largest absolute Gasteiger partial charge is 0.492 e. The maximum absolute atomic E-state index is 13.2. The van der Waals surface area contributed by atoms with Crippen LogP contribution in [0.2, 0.25) is 0 Å². The lowest BCUT2D eigenvalue weighted by atomic mass is 9.78. The van der Waals surface area contributed by atoms with Crippen molar-refractivity contribution in [3.8, 4) is 5.75 Å². The number of urea groups is 1. The van der Waals surface area contributed by atoms with Crippen molar-refractivity contribution in [3.63, 3.8) is 0 Å². The summed E-state index contributed by atoms with van der Waals surface area (Å²) < 4.78 is 35.3. The normalized spacial score (nSPS) is 25.4. The Kier molecular flexibility index (Phi) is 8.80. The number of amides is 2. The standard InChI is InChI=1S/C26H42N4O5S/c1-3-12-27-25(32)30-13-10-26(11-14-30)18-29(2)17-22(31)16-28-36(33,34)24-9-8-21(15-23(24)35-19-26)20-6-4-5-7-20/h8-9,15,20,22,28,31H,3-7,10-14,16-19H2,1-2H3,(H,27,32). The summed E-state index contributed by atoms with van der Waals surface area (Å²) in [7, 11) is -1.90. The molecule has 3 N–H and O–H groups in total. The van der Waals surface area contributed by atoms with Gasteiger partial charge in [-0.1, -0.05) is 25.8 Å². The minimum Gasteiger partial charge on any atom is -0.492 e. The number of hydrogen-bond acceptors (Lipinski definition) is 6. The molecule has 36 heavy (non-hydrogen) atoms. The highest BCUT2D eigenvalue weighted by Crippen LogP contribution is 2.39. The molecule has 0 radical (unpaired) electrons. The van der Waals surface area contributed by atoms with E-state index in [1.807, 2.05) is 35.9 Å². The highest BCUT2D eigenvalue weighted by Gasteiger charge is 2.39. The van der Waals surface area contributed by atoms with Crippen molar-refractivity contribution in [2.75, 3.05) is 52.9 Å². The van der Waals surface area contributed by atoms with E-state index in [0.29, 0.717) is 51.0 Å². The number of likely N-dealkylation sites (N-methyl/N-ethyl adjacent to an activating group) is 1. The summed E-state index contributed by atoms with van der Waals surface area (Å²) in [5, 5.41) is 13.5. The van der Waals surface area contributed by atoms with Gasteiger partial charge in [0, 0.05) is 44.7 Å². The fourth-order valence-corrected chi connectivity index (χ4v) is 7.02. The molecule has 1 aliphatic carbocycles. The monoisotopic (exact) mass is 522 g/mol. The van der Waals surface area contributed by atoms with Crippen molar-refractivity contribution in [1.82, 2.24) is 19.8 Å². The van der Waals surface area contributed by atoms with Gasteiger partial charge in [-0.3, -0.25) is 0 Å². The number of rotatable bonds is 3. The van der Waals surface area contributed by atoms with Crippen LogP contribution in [0.15, 0.2) is 23.1 Å². The maximum Gasteiger partial charge on any atom is 0.317 e. The molecule has 1 unspecified atom stereocenters. The summed E-state index contributed by atoms with van der Waals surface area (Å²) in [6.45, 7) is 5.26. The Morgan fingerprint density at radius 3 is 2.67 bits per heavy atom. The predicted octanol–water partition coefficient (Wildman–Crippen LogP) is 2.51. The van der Waals surface area contributed by atoms with E-state index in [-0.39, 0.29) is 22.9 Å². The summed E-state index contributed by atoms with van der Waals surface area (Å²) >= 11 is 0. The van der Waals surface area contributed by atoms with Gasteiger partial charge in [-0.15, -0.1) is 0 Å². The highest BCUT2D eigenvalue weighted by molar-refractivity contribution is 7.89. The minimum atomic E-state index is -3.85. The molecular weight excluding hydrogens is 480 g/mol. The first-order valence-electron chi connectivity index (χ1n) is 13.4. The number of β-amino-alcohol motifs (C(OH)–C–C–N with tert-alkyl or cyclic N) is 1. The lowest BCUT2D eigenvalue weighted by molar-refractivity contribution is 0.0243. The molecule has 202 valence electrons. The topological polar surface area (TPSA) is 111 Å². The van der Waals surface area contributed by atoms with E-state index in [2.05, 4.69) is 10.0 Å². The van der Waals surface area contributed by atoms with Crippen LogP contribution in [0.4, 0.5) is 4.79 Å². The second kappa shape index (κ2) is 11.7. The molecule has 1 aromatic carbocycles. The molecule has 10 heteroatoms. The van der Waals surface area contributed by atoms with Crippen molar-refractivity contribution in [2.45, 2.75) is 68.8 Å². The van der Waals surface area contributed by atoms with E-state index in [1.54, 1.807) is 6.07 Å². The van der Waals surface area contributed by atoms with Gasteiger partial charge < -0.3 is 25.0 Å². The van der Waals surface area contributed by atoms with Crippen molar-refractivity contribution in [3.05, 3.63) is 23.8 Å². The van der Waals surface area contributed by atoms with E-state index >= 15 is 0 Å². The van der Waals surface area contributed by atoms with Gasteiger partial charge in [0.25, 0.3) is 0 Å². The van der Waals surface area contributed by atoms with Crippen molar-refractivity contribution >= 4 is 16.1 Å². The van der Waals surface area contributed by atoms with E-state index in [9.17, 15) is 18.3 Å². The lowest BCUT2D eigenvalue weighted by Crippen LogP contribution is -2.53. The Bertz CT molecular complexity index is 1000. The fraction of sp³-hybridized carbons (Fsp3) is 0.731. The molecule has 2 fully saturated rings. The number of likely N-dealkylation sites (tertiary alicyclic amines) is 1. The van der Waals surface area contributed by atoms with E-state index in [1.165, 1.54) is 12.8 Å². The molecule has 9 nitrogen and oxygen atoms in total. The van der Waals surface area contributed by atoms with Gasteiger partial charge in [0.2, 0.25) is 10.0 Å². The number of benzene rings is 1. The van der Waals surface area contributed by atoms with Crippen molar-refractivity contribution in [2.24, 2.45) is 5.41 Å². The molecule has 4 rings (SSSR count). The number of fused-ring (bicyclic) bond motifs is 1. The fourth-order valence-electron chi connectivity index (χ4n) is 5.82. The average Bonchev–Trinajstić information content (AvgIpc) is 3.40. The van der Waals surface area contributed by atoms with Crippen LogP contribution in [0.25, 0.3) is 0 Å².